The van der Waals surface area contributed by atoms with Crippen LogP contribution in [-0.4, -0.2) is 18.6 Å². The molecule has 19 heavy (non-hydrogen) atoms. The molecule has 0 saturated carbocycles. The Morgan fingerprint density at radius 3 is 2.63 bits per heavy atom. The zero-order chi connectivity index (χ0) is 13.3. The van der Waals surface area contributed by atoms with Gasteiger partial charge < -0.3 is 4.84 Å². The third kappa shape index (κ3) is 4.35. The van der Waals surface area contributed by atoms with Gasteiger partial charge in [0, 0.05) is 29.7 Å². The molecule has 0 unspecified atom stereocenters. The molecule has 4 nitrogen and oxygen atoms in total. The van der Waals surface area contributed by atoms with E-state index >= 15 is 0 Å². The Bertz CT molecular complexity index is 539. The molecule has 0 spiro atoms. The maximum atomic E-state index is 11.7. The molecule has 0 radical (unpaired) electrons. The summed E-state index contributed by atoms with van der Waals surface area (Å²) in [5.41, 5.74) is 1.64. The van der Waals surface area contributed by atoms with Crippen LogP contribution in [0.5, 0.6) is 0 Å². The highest BCUT2D eigenvalue weighted by molar-refractivity contribution is 5.96. The van der Waals surface area contributed by atoms with E-state index in [1.165, 1.54) is 0 Å². The standard InChI is InChI=1S/C15H14N2O2/c18-15(14-4-2-1-3-5-14)8-11-19-17-12-13-6-9-16-10-7-13/h1-7,9-10,12H,8,11H2/p+1/b17-12-. The number of H-pyrrole nitrogens is 1. The lowest BCUT2D eigenvalue weighted by Gasteiger charge is -1.99. The number of carbonyl (C=O) groups excluding carboxylic acids is 1. The molecule has 0 atom stereocenters. The summed E-state index contributed by atoms with van der Waals surface area (Å²) in [5.74, 6) is 0.0603. The molecule has 0 bridgehead atoms. The van der Waals surface area contributed by atoms with E-state index in [0.29, 0.717) is 12.0 Å². The minimum atomic E-state index is 0.0603. The van der Waals surface area contributed by atoms with Crippen LogP contribution in [0.2, 0.25) is 0 Å². The maximum absolute atomic E-state index is 11.7. The van der Waals surface area contributed by atoms with E-state index in [4.69, 9.17) is 4.84 Å². The Labute approximate surface area is 111 Å². The van der Waals surface area contributed by atoms with Crippen molar-refractivity contribution in [3.8, 4) is 0 Å². The maximum Gasteiger partial charge on any atom is 0.167 e. The van der Waals surface area contributed by atoms with Crippen molar-refractivity contribution >= 4 is 12.0 Å². The average Bonchev–Trinajstić information content (AvgIpc) is 2.49. The van der Waals surface area contributed by atoms with Gasteiger partial charge in [0.25, 0.3) is 0 Å². The zero-order valence-corrected chi connectivity index (χ0v) is 10.5. The molecule has 96 valence electrons. The highest BCUT2D eigenvalue weighted by Gasteiger charge is 2.04. The number of aromatic amines is 1. The topological polar surface area (TPSA) is 52.8 Å². The largest absolute Gasteiger partial charge is 0.395 e. The summed E-state index contributed by atoms with van der Waals surface area (Å²) < 4.78 is 0. The molecule has 1 aromatic carbocycles. The zero-order valence-electron chi connectivity index (χ0n) is 10.5. The van der Waals surface area contributed by atoms with E-state index in [0.717, 1.165) is 5.56 Å². The van der Waals surface area contributed by atoms with Crippen LogP contribution in [0, 0.1) is 0 Å². The second-order valence-electron chi connectivity index (χ2n) is 3.94. The van der Waals surface area contributed by atoms with Gasteiger partial charge in [0.05, 0.1) is 6.21 Å². The van der Waals surface area contributed by atoms with E-state index in [2.05, 4.69) is 10.1 Å². The number of hydrogen-bond acceptors (Lipinski definition) is 3. The first-order valence-electron chi connectivity index (χ1n) is 6.06. The van der Waals surface area contributed by atoms with E-state index in [1.54, 1.807) is 30.7 Å². The van der Waals surface area contributed by atoms with Crippen molar-refractivity contribution in [2.45, 2.75) is 6.42 Å². The summed E-state index contributed by atoms with van der Waals surface area (Å²) in [4.78, 5) is 19.7. The first-order chi connectivity index (χ1) is 9.36. The van der Waals surface area contributed by atoms with Gasteiger partial charge in [-0.2, -0.15) is 0 Å². The number of carbonyl (C=O) groups is 1. The summed E-state index contributed by atoms with van der Waals surface area (Å²) >= 11 is 0. The molecule has 0 fully saturated rings. The number of ketones is 1. The summed E-state index contributed by atoms with van der Waals surface area (Å²) in [7, 11) is 0. The van der Waals surface area contributed by atoms with Gasteiger partial charge in [0.2, 0.25) is 0 Å². The second-order valence-corrected chi connectivity index (χ2v) is 3.94. The molecule has 1 heterocycles. The Morgan fingerprint density at radius 2 is 1.89 bits per heavy atom. The van der Waals surface area contributed by atoms with Crippen LogP contribution < -0.4 is 4.98 Å². The number of rotatable bonds is 6. The van der Waals surface area contributed by atoms with Gasteiger partial charge in [-0.1, -0.05) is 35.5 Å². The lowest BCUT2D eigenvalue weighted by molar-refractivity contribution is -0.378. The van der Waals surface area contributed by atoms with Crippen molar-refractivity contribution < 1.29 is 14.6 Å². The SMILES string of the molecule is O=C(CCO/N=C\c1cc[nH+]cc1)c1ccccc1. The minimum absolute atomic E-state index is 0.0603. The summed E-state index contributed by atoms with van der Waals surface area (Å²) in [6.45, 7) is 0.281. The lowest BCUT2D eigenvalue weighted by atomic mass is 10.1. The fourth-order valence-corrected chi connectivity index (χ4v) is 1.54. The fourth-order valence-electron chi connectivity index (χ4n) is 1.54. The molecule has 1 N–H and O–H groups in total. The normalized spacial score (nSPS) is 10.5. The predicted molar refractivity (Wildman–Crippen MR) is 71.9 cm³/mol. The van der Waals surface area contributed by atoms with Crippen LogP contribution in [0.3, 0.4) is 0 Å². The molecule has 2 aromatic rings. The Balaban J connectivity index is 1.73. The third-order valence-corrected chi connectivity index (χ3v) is 2.54. The van der Waals surface area contributed by atoms with E-state index < -0.39 is 0 Å². The van der Waals surface area contributed by atoms with Crippen molar-refractivity contribution in [2.75, 3.05) is 6.61 Å². The lowest BCUT2D eigenvalue weighted by Crippen LogP contribution is -2.03. The van der Waals surface area contributed by atoms with Gasteiger partial charge >= 0.3 is 0 Å². The van der Waals surface area contributed by atoms with Crippen LogP contribution >= 0.6 is 0 Å². The Kier molecular flexibility index (Phi) is 4.81. The van der Waals surface area contributed by atoms with Crippen LogP contribution in [-0.2, 0) is 4.84 Å². The van der Waals surface area contributed by atoms with Gasteiger partial charge in [0.15, 0.2) is 18.2 Å². The van der Waals surface area contributed by atoms with Gasteiger partial charge in [-0.3, -0.25) is 4.79 Å². The number of nitrogens with zero attached hydrogens (tertiary/aromatic N) is 1. The number of oxime groups is 1. The molecular formula is C15H15N2O2+. The molecule has 0 amide bonds. The summed E-state index contributed by atoms with van der Waals surface area (Å²) in [5, 5.41) is 3.82. The molecule has 0 saturated heterocycles. The smallest absolute Gasteiger partial charge is 0.167 e. The second kappa shape index (κ2) is 7.06. The van der Waals surface area contributed by atoms with Gasteiger partial charge in [-0.25, -0.2) is 4.98 Å². The number of pyridine rings is 1. The Morgan fingerprint density at radius 1 is 1.16 bits per heavy atom. The summed E-state index contributed by atoms with van der Waals surface area (Å²) in [6, 6.07) is 12.9. The average molecular weight is 255 g/mol. The van der Waals surface area contributed by atoms with Gasteiger partial charge in [0.1, 0.15) is 6.61 Å². The fraction of sp³-hybridized carbons (Fsp3) is 0.133. The third-order valence-electron chi connectivity index (χ3n) is 2.54. The predicted octanol–water partition coefficient (Wildman–Crippen LogP) is 2.12. The van der Waals surface area contributed by atoms with Crippen LogP contribution in [0.1, 0.15) is 22.3 Å². The Hall–Kier alpha value is -2.49. The first kappa shape index (κ1) is 13.0. The minimum Gasteiger partial charge on any atom is -0.395 e. The van der Waals surface area contributed by atoms with Gasteiger partial charge in [-0.15, -0.1) is 0 Å². The summed E-state index contributed by atoms with van der Waals surface area (Å²) in [6.07, 6.45) is 5.55. The van der Waals surface area contributed by atoms with Crippen LogP contribution in [0.25, 0.3) is 0 Å². The van der Waals surface area contributed by atoms with Crippen molar-refractivity contribution in [1.29, 1.82) is 0 Å². The number of Topliss-reactive ketones (excluding diaryl/α,β-unsaturated/α-hetero) is 1. The monoisotopic (exact) mass is 255 g/mol. The molecule has 0 aliphatic carbocycles. The highest BCUT2D eigenvalue weighted by Crippen LogP contribution is 2.03. The number of aromatic nitrogens is 1. The highest BCUT2D eigenvalue weighted by atomic mass is 16.6. The van der Waals surface area contributed by atoms with E-state index in [-0.39, 0.29) is 12.4 Å². The van der Waals surface area contributed by atoms with Crippen molar-refractivity contribution in [2.24, 2.45) is 5.16 Å². The molecular weight excluding hydrogens is 240 g/mol. The molecule has 2 rings (SSSR count). The number of nitrogens with one attached hydrogen (secondary N) is 1. The van der Waals surface area contributed by atoms with Crippen molar-refractivity contribution in [3.05, 3.63) is 66.0 Å². The first-order valence-corrected chi connectivity index (χ1v) is 6.06. The van der Waals surface area contributed by atoms with E-state index in [9.17, 15) is 4.79 Å². The quantitative estimate of drug-likeness (QED) is 0.343. The van der Waals surface area contributed by atoms with Crippen molar-refractivity contribution in [1.82, 2.24) is 0 Å². The molecule has 0 aliphatic heterocycles. The van der Waals surface area contributed by atoms with Crippen LogP contribution in [0.4, 0.5) is 0 Å². The van der Waals surface area contributed by atoms with Crippen molar-refractivity contribution in [3.63, 3.8) is 0 Å². The molecule has 4 heteroatoms. The molecule has 0 aliphatic rings. The number of hydrogen-bond donors (Lipinski definition) is 0. The van der Waals surface area contributed by atoms with E-state index in [1.807, 2.05) is 30.3 Å². The number of benzene rings is 1. The molecule has 1 aromatic heterocycles. The van der Waals surface area contributed by atoms with Gasteiger partial charge in [-0.05, 0) is 0 Å². The van der Waals surface area contributed by atoms with Crippen LogP contribution in [0.15, 0.2) is 60.0 Å².